The first-order valence-electron chi connectivity index (χ1n) is 6.64. The first-order valence-corrected chi connectivity index (χ1v) is 7.58. The molecule has 4 nitrogen and oxygen atoms in total. The lowest BCUT2D eigenvalue weighted by Gasteiger charge is -2.11. The summed E-state index contributed by atoms with van der Waals surface area (Å²) < 4.78 is 4.91. The summed E-state index contributed by atoms with van der Waals surface area (Å²) in [6.45, 7) is 1.85. The molecular weight excluding hydrogens is 272 g/mol. The van der Waals surface area contributed by atoms with Gasteiger partial charge in [-0.25, -0.2) is 4.79 Å². The van der Waals surface area contributed by atoms with Crippen LogP contribution in [0.15, 0.2) is 22.9 Å². The van der Waals surface area contributed by atoms with Crippen molar-refractivity contribution in [1.29, 1.82) is 0 Å². The summed E-state index contributed by atoms with van der Waals surface area (Å²) in [7, 11) is 1.41. The Balaban J connectivity index is 2.15. The van der Waals surface area contributed by atoms with Gasteiger partial charge < -0.3 is 10.1 Å². The molecule has 0 saturated heterocycles. The molecule has 0 bridgehead atoms. The van der Waals surface area contributed by atoms with Gasteiger partial charge in [0.1, 0.15) is 0 Å². The number of thiophene rings is 1. The van der Waals surface area contributed by atoms with Crippen molar-refractivity contribution in [2.45, 2.75) is 12.8 Å². The molecule has 0 unspecified atom stereocenters. The standard InChI is InChI=1S/C15H16N2O2S/c1-19-15(18)12-8-10-2-5-16-6-3-13(10)17-14(12)11-4-7-20-9-11/h4,7-9,16H,2-3,5-6H2,1H3. The maximum atomic E-state index is 12.0. The molecule has 1 aliphatic heterocycles. The highest BCUT2D eigenvalue weighted by molar-refractivity contribution is 7.08. The second kappa shape index (κ2) is 5.73. The third kappa shape index (κ3) is 2.46. The third-order valence-corrected chi connectivity index (χ3v) is 4.18. The van der Waals surface area contributed by atoms with Gasteiger partial charge in [0.2, 0.25) is 0 Å². The van der Waals surface area contributed by atoms with Gasteiger partial charge in [0.25, 0.3) is 0 Å². The second-order valence-electron chi connectivity index (χ2n) is 4.74. The molecule has 5 heteroatoms. The molecule has 0 radical (unpaired) electrons. The highest BCUT2D eigenvalue weighted by Crippen LogP contribution is 2.27. The lowest BCUT2D eigenvalue weighted by Crippen LogP contribution is -2.16. The Bertz CT molecular complexity index is 623. The smallest absolute Gasteiger partial charge is 0.340 e. The summed E-state index contributed by atoms with van der Waals surface area (Å²) in [6.07, 6.45) is 1.80. The Morgan fingerprint density at radius 2 is 2.25 bits per heavy atom. The van der Waals surface area contributed by atoms with Gasteiger partial charge in [-0.2, -0.15) is 11.3 Å². The first kappa shape index (κ1) is 13.3. The lowest BCUT2D eigenvalue weighted by molar-refractivity contribution is 0.0601. The van der Waals surface area contributed by atoms with Gasteiger partial charge in [-0.15, -0.1) is 0 Å². The number of esters is 1. The molecule has 0 amide bonds. The second-order valence-corrected chi connectivity index (χ2v) is 5.52. The molecule has 104 valence electrons. The largest absolute Gasteiger partial charge is 0.465 e. The monoisotopic (exact) mass is 288 g/mol. The van der Waals surface area contributed by atoms with Crippen LogP contribution in [0, 0.1) is 0 Å². The number of nitrogens with one attached hydrogen (secondary N) is 1. The van der Waals surface area contributed by atoms with E-state index in [-0.39, 0.29) is 5.97 Å². The molecule has 0 saturated carbocycles. The summed E-state index contributed by atoms with van der Waals surface area (Å²) in [4.78, 5) is 16.8. The van der Waals surface area contributed by atoms with Crippen molar-refractivity contribution in [2.75, 3.05) is 20.2 Å². The average Bonchev–Trinajstić information content (AvgIpc) is 2.91. The van der Waals surface area contributed by atoms with Crippen molar-refractivity contribution in [3.8, 4) is 11.3 Å². The average molecular weight is 288 g/mol. The minimum atomic E-state index is -0.321. The number of carbonyl (C=O) groups is 1. The zero-order valence-corrected chi connectivity index (χ0v) is 12.1. The molecule has 1 aliphatic rings. The van der Waals surface area contributed by atoms with Crippen LogP contribution in [0.1, 0.15) is 21.6 Å². The highest BCUT2D eigenvalue weighted by atomic mass is 32.1. The Morgan fingerprint density at radius 1 is 1.40 bits per heavy atom. The molecule has 2 aromatic rings. The molecule has 3 rings (SSSR count). The molecule has 2 aromatic heterocycles. The van der Waals surface area contributed by atoms with Gasteiger partial charge >= 0.3 is 5.97 Å². The number of rotatable bonds is 2. The predicted octanol–water partition coefficient (Wildman–Crippen LogP) is 2.28. The topological polar surface area (TPSA) is 51.2 Å². The van der Waals surface area contributed by atoms with Crippen LogP contribution in [0.4, 0.5) is 0 Å². The third-order valence-electron chi connectivity index (χ3n) is 3.50. The molecule has 0 aromatic carbocycles. The maximum absolute atomic E-state index is 12.0. The number of nitrogens with zero attached hydrogens (tertiary/aromatic N) is 1. The minimum Gasteiger partial charge on any atom is -0.465 e. The van der Waals surface area contributed by atoms with E-state index < -0.39 is 0 Å². The number of carbonyl (C=O) groups excluding carboxylic acids is 1. The molecule has 0 fully saturated rings. The Kier molecular flexibility index (Phi) is 3.80. The molecule has 20 heavy (non-hydrogen) atoms. The van der Waals surface area contributed by atoms with Crippen LogP contribution >= 0.6 is 11.3 Å². The zero-order chi connectivity index (χ0) is 13.9. The van der Waals surface area contributed by atoms with Crippen molar-refractivity contribution in [3.63, 3.8) is 0 Å². The molecular formula is C15H16N2O2S. The molecule has 0 atom stereocenters. The molecule has 0 aliphatic carbocycles. The minimum absolute atomic E-state index is 0.321. The van der Waals surface area contributed by atoms with E-state index in [0.717, 1.165) is 48.4 Å². The zero-order valence-electron chi connectivity index (χ0n) is 11.3. The van der Waals surface area contributed by atoms with Crippen LogP contribution in [0.5, 0.6) is 0 Å². The Morgan fingerprint density at radius 3 is 3.00 bits per heavy atom. The number of fused-ring (bicyclic) bond motifs is 1. The Labute approximate surface area is 121 Å². The van der Waals surface area contributed by atoms with Crippen molar-refractivity contribution < 1.29 is 9.53 Å². The SMILES string of the molecule is COC(=O)c1cc2c(nc1-c1ccsc1)CCNCC2. The fourth-order valence-corrected chi connectivity index (χ4v) is 3.11. The molecule has 1 N–H and O–H groups in total. The van der Waals surface area contributed by atoms with Crippen LogP contribution in [-0.4, -0.2) is 31.2 Å². The molecule has 3 heterocycles. The first-order chi connectivity index (χ1) is 9.79. The normalized spacial score (nSPS) is 14.4. The molecule has 0 spiro atoms. The summed E-state index contributed by atoms with van der Waals surface area (Å²) in [5, 5.41) is 7.36. The van der Waals surface area contributed by atoms with E-state index in [1.165, 1.54) is 7.11 Å². The van der Waals surface area contributed by atoms with E-state index in [1.807, 2.05) is 22.9 Å². The Hall–Kier alpha value is -1.72. The maximum Gasteiger partial charge on any atom is 0.340 e. The van der Waals surface area contributed by atoms with Gasteiger partial charge in [0, 0.05) is 29.6 Å². The van der Waals surface area contributed by atoms with Crippen LogP contribution in [0.2, 0.25) is 0 Å². The van der Waals surface area contributed by atoms with Crippen LogP contribution in [0.25, 0.3) is 11.3 Å². The number of ether oxygens (including phenoxy) is 1. The summed E-state index contributed by atoms with van der Waals surface area (Å²) in [5.41, 5.74) is 4.51. The van der Waals surface area contributed by atoms with Gasteiger partial charge in [-0.3, -0.25) is 4.98 Å². The fourth-order valence-electron chi connectivity index (χ4n) is 2.47. The van der Waals surface area contributed by atoms with Crippen LogP contribution < -0.4 is 5.32 Å². The quantitative estimate of drug-likeness (QED) is 0.861. The summed E-state index contributed by atoms with van der Waals surface area (Å²) in [5.74, 6) is -0.321. The fraction of sp³-hybridized carbons (Fsp3) is 0.333. The van der Waals surface area contributed by atoms with Gasteiger partial charge in [0.05, 0.1) is 18.4 Å². The van der Waals surface area contributed by atoms with E-state index in [9.17, 15) is 4.79 Å². The number of hydrogen-bond donors (Lipinski definition) is 1. The van der Waals surface area contributed by atoms with Crippen LogP contribution in [-0.2, 0) is 17.6 Å². The van der Waals surface area contributed by atoms with Crippen molar-refractivity contribution in [2.24, 2.45) is 0 Å². The van der Waals surface area contributed by atoms with Crippen molar-refractivity contribution in [3.05, 3.63) is 39.7 Å². The van der Waals surface area contributed by atoms with Gasteiger partial charge in [-0.05, 0) is 36.0 Å². The van der Waals surface area contributed by atoms with E-state index in [1.54, 1.807) is 11.3 Å². The number of pyridine rings is 1. The van der Waals surface area contributed by atoms with E-state index >= 15 is 0 Å². The van der Waals surface area contributed by atoms with Gasteiger partial charge in [0.15, 0.2) is 0 Å². The summed E-state index contributed by atoms with van der Waals surface area (Å²) in [6, 6.07) is 3.94. The predicted molar refractivity (Wildman–Crippen MR) is 79.2 cm³/mol. The number of aromatic nitrogens is 1. The lowest BCUT2D eigenvalue weighted by atomic mass is 10.0. The highest BCUT2D eigenvalue weighted by Gasteiger charge is 2.20. The van der Waals surface area contributed by atoms with Crippen LogP contribution in [0.3, 0.4) is 0 Å². The van der Waals surface area contributed by atoms with E-state index in [0.29, 0.717) is 5.56 Å². The summed E-state index contributed by atoms with van der Waals surface area (Å²) >= 11 is 1.60. The van der Waals surface area contributed by atoms with E-state index in [2.05, 4.69) is 5.32 Å². The number of methoxy groups -OCH3 is 1. The van der Waals surface area contributed by atoms with E-state index in [4.69, 9.17) is 9.72 Å². The van der Waals surface area contributed by atoms with Gasteiger partial charge in [-0.1, -0.05) is 0 Å². The van der Waals surface area contributed by atoms with Crippen molar-refractivity contribution in [1.82, 2.24) is 10.3 Å². The van der Waals surface area contributed by atoms with Crippen molar-refractivity contribution >= 4 is 17.3 Å². The number of hydrogen-bond acceptors (Lipinski definition) is 5.